The number of allylic oxidation sites excluding steroid dienone is 1. The molecule has 7 rings (SSSR count). The first kappa shape index (κ1) is 18.6. The van der Waals surface area contributed by atoms with Crippen LogP contribution in [0.15, 0.2) is 35.4 Å². The second kappa shape index (κ2) is 5.35. The van der Waals surface area contributed by atoms with E-state index < -0.39 is 17.5 Å². The molecule has 4 heteroatoms. The highest BCUT2D eigenvalue weighted by Gasteiger charge is 2.68. The van der Waals surface area contributed by atoms with E-state index in [1.165, 1.54) is 34.2 Å². The molecule has 0 unspecified atom stereocenters. The number of benzene rings is 1. The molecule has 3 fully saturated rings. The van der Waals surface area contributed by atoms with Crippen molar-refractivity contribution >= 4 is 16.7 Å². The largest absolute Gasteiger partial charge is 0.358 e. The summed E-state index contributed by atoms with van der Waals surface area (Å²) in [5, 5.41) is 1.39. The van der Waals surface area contributed by atoms with Crippen LogP contribution in [0.5, 0.6) is 0 Å². The highest BCUT2D eigenvalue weighted by Crippen LogP contribution is 2.69. The number of para-hydroxylation sites is 1. The first-order chi connectivity index (χ1) is 14.7. The lowest BCUT2D eigenvalue weighted by atomic mass is 9.47. The molecule has 0 radical (unpaired) electrons. The molecule has 2 saturated heterocycles. The number of carbonyl (C=O) groups is 1. The van der Waals surface area contributed by atoms with Gasteiger partial charge in [-0.25, -0.2) is 0 Å². The maximum Gasteiger partial charge on any atom is 0.193 e. The van der Waals surface area contributed by atoms with Crippen molar-refractivity contribution in [2.24, 2.45) is 11.3 Å². The summed E-state index contributed by atoms with van der Waals surface area (Å²) in [4.78, 5) is 16.9. The maximum absolute atomic E-state index is 13.1. The highest BCUT2D eigenvalue weighted by atomic mass is 16.8. The molecule has 2 aromatic rings. The molecule has 162 valence electrons. The molecule has 1 aromatic carbocycles. The first-order valence-electron chi connectivity index (χ1n) is 11.9. The minimum atomic E-state index is -0.679. The third kappa shape index (κ3) is 1.95. The third-order valence-corrected chi connectivity index (χ3v) is 9.94. The van der Waals surface area contributed by atoms with Crippen LogP contribution >= 0.6 is 0 Å². The van der Waals surface area contributed by atoms with Crippen LogP contribution in [-0.2, 0) is 26.1 Å². The van der Waals surface area contributed by atoms with Crippen LogP contribution < -0.4 is 0 Å². The van der Waals surface area contributed by atoms with Crippen molar-refractivity contribution in [3.05, 3.63) is 46.7 Å². The van der Waals surface area contributed by atoms with Gasteiger partial charge >= 0.3 is 0 Å². The molecule has 1 N–H and O–H groups in total. The number of fused-ring (bicyclic) bond motifs is 8. The first-order valence-corrected chi connectivity index (χ1v) is 11.9. The fourth-order valence-corrected chi connectivity index (χ4v) is 8.26. The van der Waals surface area contributed by atoms with Gasteiger partial charge in [0.05, 0.1) is 5.60 Å². The van der Waals surface area contributed by atoms with E-state index in [-0.39, 0.29) is 16.6 Å². The van der Waals surface area contributed by atoms with Gasteiger partial charge in [-0.3, -0.25) is 4.79 Å². The lowest BCUT2D eigenvalue weighted by Crippen LogP contribution is -2.56. The van der Waals surface area contributed by atoms with Crippen molar-refractivity contribution in [2.45, 2.75) is 89.1 Å². The van der Waals surface area contributed by atoms with Gasteiger partial charge in [0.15, 0.2) is 11.6 Å². The molecule has 2 bridgehead atoms. The van der Waals surface area contributed by atoms with E-state index in [0.29, 0.717) is 12.3 Å². The predicted molar refractivity (Wildman–Crippen MR) is 119 cm³/mol. The van der Waals surface area contributed by atoms with Crippen LogP contribution in [0, 0.1) is 11.3 Å². The molecule has 1 aromatic heterocycles. The van der Waals surface area contributed by atoms with Crippen LogP contribution in [0.1, 0.15) is 71.1 Å². The lowest BCUT2D eigenvalue weighted by Gasteiger charge is -2.58. The Morgan fingerprint density at radius 1 is 1.06 bits per heavy atom. The van der Waals surface area contributed by atoms with Gasteiger partial charge in [0.2, 0.25) is 0 Å². The molecule has 1 spiro atoms. The van der Waals surface area contributed by atoms with Gasteiger partial charge in [0.1, 0.15) is 6.10 Å². The quantitative estimate of drug-likeness (QED) is 0.588. The van der Waals surface area contributed by atoms with Gasteiger partial charge in [-0.1, -0.05) is 37.6 Å². The Morgan fingerprint density at radius 2 is 1.87 bits per heavy atom. The normalized spacial score (nSPS) is 42.4. The molecule has 5 atom stereocenters. The van der Waals surface area contributed by atoms with Crippen LogP contribution in [0.2, 0.25) is 0 Å². The van der Waals surface area contributed by atoms with E-state index in [1.54, 1.807) is 0 Å². The van der Waals surface area contributed by atoms with E-state index >= 15 is 0 Å². The van der Waals surface area contributed by atoms with Crippen molar-refractivity contribution in [1.29, 1.82) is 0 Å². The Balaban J connectivity index is 1.44. The molecule has 2 aliphatic heterocycles. The number of nitrogens with one attached hydrogen (secondary N) is 1. The number of aromatic nitrogens is 1. The van der Waals surface area contributed by atoms with Crippen LogP contribution in [0.4, 0.5) is 0 Å². The van der Waals surface area contributed by atoms with Crippen molar-refractivity contribution < 1.29 is 14.3 Å². The molecular weight excluding hydrogens is 386 g/mol. The third-order valence-electron chi connectivity index (χ3n) is 9.94. The summed E-state index contributed by atoms with van der Waals surface area (Å²) in [6.07, 6.45) is 5.32. The molecular formula is C27H31NO3. The Kier molecular flexibility index (Phi) is 3.22. The number of aromatic amines is 1. The van der Waals surface area contributed by atoms with Gasteiger partial charge in [0, 0.05) is 40.3 Å². The number of ketones is 1. The minimum Gasteiger partial charge on any atom is -0.358 e. The van der Waals surface area contributed by atoms with E-state index in [2.05, 4.69) is 43.1 Å². The Hall–Kier alpha value is -1.91. The average Bonchev–Trinajstić information content (AvgIpc) is 3.31. The zero-order valence-electron chi connectivity index (χ0n) is 18.9. The summed E-state index contributed by atoms with van der Waals surface area (Å²) < 4.78 is 13.0. The van der Waals surface area contributed by atoms with Crippen molar-refractivity contribution in [3.8, 4) is 0 Å². The molecule has 31 heavy (non-hydrogen) atoms. The van der Waals surface area contributed by atoms with E-state index in [0.717, 1.165) is 31.3 Å². The number of hydrogen-bond donors (Lipinski definition) is 1. The van der Waals surface area contributed by atoms with Crippen molar-refractivity contribution in [2.75, 3.05) is 0 Å². The van der Waals surface area contributed by atoms with E-state index in [4.69, 9.17) is 9.47 Å². The van der Waals surface area contributed by atoms with Gasteiger partial charge in [-0.15, -0.1) is 0 Å². The Bertz CT molecular complexity index is 1200. The summed E-state index contributed by atoms with van der Waals surface area (Å²) in [5.41, 5.74) is 6.32. The monoisotopic (exact) mass is 417 g/mol. The van der Waals surface area contributed by atoms with Crippen molar-refractivity contribution in [3.63, 3.8) is 0 Å². The topological polar surface area (TPSA) is 51.3 Å². The van der Waals surface area contributed by atoms with Gasteiger partial charge in [-0.05, 0) is 62.7 Å². The zero-order chi connectivity index (χ0) is 21.4. The number of rotatable bonds is 0. The van der Waals surface area contributed by atoms with Gasteiger partial charge < -0.3 is 14.5 Å². The second-order valence-corrected chi connectivity index (χ2v) is 11.6. The van der Waals surface area contributed by atoms with E-state index in [1.807, 2.05) is 13.8 Å². The minimum absolute atomic E-state index is 0.00912. The smallest absolute Gasteiger partial charge is 0.193 e. The fourth-order valence-electron chi connectivity index (χ4n) is 8.26. The van der Waals surface area contributed by atoms with E-state index in [9.17, 15) is 4.79 Å². The highest BCUT2D eigenvalue weighted by molar-refractivity contribution is 5.89. The predicted octanol–water partition coefficient (Wildman–Crippen LogP) is 5.35. The van der Waals surface area contributed by atoms with Crippen LogP contribution in [0.3, 0.4) is 0 Å². The molecule has 1 saturated carbocycles. The average molecular weight is 418 g/mol. The van der Waals surface area contributed by atoms with Crippen LogP contribution in [0.25, 0.3) is 10.9 Å². The van der Waals surface area contributed by atoms with Crippen molar-refractivity contribution in [1.82, 2.24) is 4.98 Å². The Labute approximate surface area is 183 Å². The van der Waals surface area contributed by atoms with Crippen LogP contribution in [-0.4, -0.2) is 28.3 Å². The number of H-pyrrole nitrogens is 1. The Morgan fingerprint density at radius 3 is 2.71 bits per heavy atom. The maximum atomic E-state index is 13.1. The fraction of sp³-hybridized carbons (Fsp3) is 0.593. The number of Topliss-reactive ketones (excluding diaryl/α,β-unsaturated/α-hetero) is 1. The molecule has 5 aliphatic rings. The molecule has 3 aliphatic carbocycles. The van der Waals surface area contributed by atoms with Gasteiger partial charge in [-0.2, -0.15) is 0 Å². The standard InChI is InChI=1S/C27H31NO3/c1-24(2)23-21(29)14-19-18-10-9-15-13-17-16-7-5-6-8-20(16)28-22(17)26(15,4)25(18,3)11-12-27(19,30-23)31-24/h5-8,15,23,28H,9-14H2,1-4H3/t15-,23-,25-,26+,27-/m0/s1. The zero-order valence-corrected chi connectivity index (χ0v) is 18.9. The van der Waals surface area contributed by atoms with Gasteiger partial charge in [0.25, 0.3) is 0 Å². The summed E-state index contributed by atoms with van der Waals surface area (Å²) in [5.74, 6) is 0.146. The summed E-state index contributed by atoms with van der Waals surface area (Å²) >= 11 is 0. The summed E-state index contributed by atoms with van der Waals surface area (Å²) in [6.45, 7) is 8.98. The molecule has 3 heterocycles. The number of carbonyl (C=O) groups excluding carboxylic acids is 1. The molecule has 4 nitrogen and oxygen atoms in total. The second-order valence-electron chi connectivity index (χ2n) is 11.6. The molecule has 0 amide bonds. The number of hydrogen-bond acceptors (Lipinski definition) is 3. The summed E-state index contributed by atoms with van der Waals surface area (Å²) in [7, 11) is 0. The SMILES string of the molecule is CC1(C)O[C@@]23CC[C@@]4(C)C(=C2CC(=O)[C@@H]1O3)CC[C@H]1Cc2c([nH]c3ccccc23)[C@@]14C. The summed E-state index contributed by atoms with van der Waals surface area (Å²) in [6, 6.07) is 8.75. The lowest BCUT2D eigenvalue weighted by molar-refractivity contribution is -0.187. The number of ether oxygens (including phenoxy) is 2.